The van der Waals surface area contributed by atoms with Crippen molar-refractivity contribution in [3.05, 3.63) is 89.2 Å². The van der Waals surface area contributed by atoms with E-state index in [1.165, 1.54) is 29.2 Å². The molecule has 1 unspecified atom stereocenters. The average molecular weight is 548 g/mol. The molecule has 1 fully saturated rings. The molecule has 39 heavy (non-hydrogen) atoms. The van der Waals surface area contributed by atoms with Gasteiger partial charge < -0.3 is 19.8 Å². The first-order valence-electron chi connectivity index (χ1n) is 12.0. The molecule has 3 aromatic carbocycles. The van der Waals surface area contributed by atoms with Crippen molar-refractivity contribution >= 4 is 29.0 Å². The van der Waals surface area contributed by atoms with Gasteiger partial charge >= 0.3 is 12.1 Å². The molecule has 2 aliphatic heterocycles. The van der Waals surface area contributed by atoms with Crippen LogP contribution in [0.2, 0.25) is 0 Å². The summed E-state index contributed by atoms with van der Waals surface area (Å²) in [5.41, 5.74) is -0.124. The van der Waals surface area contributed by atoms with Gasteiger partial charge in [-0.05, 0) is 48.5 Å². The number of guanidine groups is 1. The number of fused-ring (bicyclic) bond motifs is 1. The monoisotopic (exact) mass is 548 g/mol. The Hall–Kier alpha value is -4.22. The largest absolute Gasteiger partial charge is 0.481 e. The fourth-order valence-corrected chi connectivity index (χ4v) is 4.89. The number of nitrogens with zero attached hydrogens (tertiary/aromatic N) is 4. The second-order valence-corrected chi connectivity index (χ2v) is 9.22. The van der Waals surface area contributed by atoms with E-state index in [2.05, 4.69) is 4.99 Å². The van der Waals surface area contributed by atoms with Crippen LogP contribution >= 0.6 is 0 Å². The van der Waals surface area contributed by atoms with E-state index < -0.39 is 41.8 Å². The standard InChI is InChI=1S/C27H22F6N4O2/c28-17-4-6-18(7-5-17)35-8-10-36(11-9-35)26-34-23-14-22(30)21(29)13-20(23)24(15-25(38)39)37(26)19-3-1-2-16(12-19)27(31,32)33/h1-7,12-14,24H,8-11,15H2,(H,38,39). The Labute approximate surface area is 219 Å². The normalized spacial score (nSPS) is 17.6. The number of carboxylic acid groups (broad SMARTS) is 1. The first kappa shape index (κ1) is 26.4. The number of aliphatic carboxylic acids is 1. The molecule has 3 aromatic rings. The number of rotatable bonds is 4. The van der Waals surface area contributed by atoms with Crippen molar-refractivity contribution in [2.24, 2.45) is 4.99 Å². The zero-order chi connectivity index (χ0) is 27.9. The van der Waals surface area contributed by atoms with E-state index in [4.69, 9.17) is 0 Å². The molecule has 6 nitrogen and oxygen atoms in total. The SMILES string of the molecule is O=C(O)CC1c2cc(F)c(F)cc2N=C(N2CCN(c3ccc(F)cc3)CC2)N1c1cccc(C(F)(F)F)c1. The van der Waals surface area contributed by atoms with Gasteiger partial charge in [-0.1, -0.05) is 6.07 Å². The van der Waals surface area contributed by atoms with Crippen LogP contribution in [0.1, 0.15) is 23.6 Å². The number of hydrogen-bond acceptors (Lipinski definition) is 5. The predicted octanol–water partition coefficient (Wildman–Crippen LogP) is 5.97. The van der Waals surface area contributed by atoms with Crippen LogP contribution in [0.3, 0.4) is 0 Å². The number of halogens is 6. The number of alkyl halides is 3. The number of benzene rings is 3. The average Bonchev–Trinajstić information content (AvgIpc) is 2.89. The summed E-state index contributed by atoms with van der Waals surface area (Å²) in [6, 6.07) is 10.8. The maximum atomic E-state index is 14.3. The topological polar surface area (TPSA) is 59.4 Å². The lowest BCUT2D eigenvalue weighted by molar-refractivity contribution is -0.138. The Morgan fingerprint density at radius 1 is 0.872 bits per heavy atom. The maximum absolute atomic E-state index is 14.3. The minimum Gasteiger partial charge on any atom is -0.481 e. The third-order valence-electron chi connectivity index (χ3n) is 6.75. The molecule has 1 atom stereocenters. The van der Waals surface area contributed by atoms with Crippen LogP contribution in [0.15, 0.2) is 65.7 Å². The summed E-state index contributed by atoms with van der Waals surface area (Å²) in [5, 5.41) is 9.68. The highest BCUT2D eigenvalue weighted by Crippen LogP contribution is 2.43. The summed E-state index contributed by atoms with van der Waals surface area (Å²) in [6.45, 7) is 1.53. The molecule has 2 heterocycles. The van der Waals surface area contributed by atoms with Crippen molar-refractivity contribution in [2.75, 3.05) is 36.0 Å². The zero-order valence-corrected chi connectivity index (χ0v) is 20.3. The quantitative estimate of drug-likeness (QED) is 0.408. The third kappa shape index (κ3) is 5.36. The van der Waals surface area contributed by atoms with E-state index in [-0.39, 0.29) is 28.7 Å². The number of hydrogen-bond donors (Lipinski definition) is 1. The van der Waals surface area contributed by atoms with Crippen molar-refractivity contribution < 1.29 is 36.2 Å². The lowest BCUT2D eigenvalue weighted by atomic mass is 9.96. The summed E-state index contributed by atoms with van der Waals surface area (Å²) >= 11 is 0. The van der Waals surface area contributed by atoms with Gasteiger partial charge in [0.05, 0.1) is 23.7 Å². The number of carbonyl (C=O) groups is 1. The highest BCUT2D eigenvalue weighted by Gasteiger charge is 2.38. The summed E-state index contributed by atoms with van der Waals surface area (Å²) in [4.78, 5) is 21.5. The van der Waals surface area contributed by atoms with Gasteiger partial charge in [0.1, 0.15) is 5.82 Å². The molecule has 204 valence electrons. The number of carboxylic acids is 1. The van der Waals surface area contributed by atoms with Crippen LogP contribution in [0, 0.1) is 17.5 Å². The fourth-order valence-electron chi connectivity index (χ4n) is 4.89. The summed E-state index contributed by atoms with van der Waals surface area (Å²) < 4.78 is 82.6. The van der Waals surface area contributed by atoms with Crippen molar-refractivity contribution in [2.45, 2.75) is 18.6 Å². The highest BCUT2D eigenvalue weighted by molar-refractivity contribution is 6.01. The van der Waals surface area contributed by atoms with Crippen LogP contribution in [-0.4, -0.2) is 48.1 Å². The van der Waals surface area contributed by atoms with Crippen LogP contribution in [0.4, 0.5) is 43.4 Å². The highest BCUT2D eigenvalue weighted by atomic mass is 19.4. The lowest BCUT2D eigenvalue weighted by Gasteiger charge is -2.45. The van der Waals surface area contributed by atoms with Gasteiger partial charge in [0.15, 0.2) is 11.6 Å². The molecule has 1 saturated heterocycles. The number of aliphatic imine (C=N–C) groups is 1. The maximum Gasteiger partial charge on any atom is 0.416 e. The molecule has 5 rings (SSSR count). The molecule has 0 bridgehead atoms. The molecule has 2 aliphatic rings. The Morgan fingerprint density at radius 3 is 2.15 bits per heavy atom. The smallest absolute Gasteiger partial charge is 0.416 e. The van der Waals surface area contributed by atoms with Crippen LogP contribution in [0.25, 0.3) is 0 Å². The second-order valence-electron chi connectivity index (χ2n) is 9.22. The van der Waals surface area contributed by atoms with Crippen LogP contribution in [-0.2, 0) is 11.0 Å². The summed E-state index contributed by atoms with van der Waals surface area (Å²) in [5.74, 6) is -3.94. The van der Waals surface area contributed by atoms with Gasteiger partial charge in [0.25, 0.3) is 0 Å². The first-order valence-corrected chi connectivity index (χ1v) is 12.0. The number of piperazine rings is 1. The summed E-state index contributed by atoms with van der Waals surface area (Å²) in [7, 11) is 0. The Balaban J connectivity index is 1.58. The van der Waals surface area contributed by atoms with E-state index in [0.717, 1.165) is 30.0 Å². The first-order chi connectivity index (χ1) is 18.5. The van der Waals surface area contributed by atoms with Gasteiger partial charge in [-0.15, -0.1) is 0 Å². The van der Waals surface area contributed by atoms with E-state index in [1.807, 2.05) is 4.90 Å². The Bertz CT molecular complexity index is 1420. The van der Waals surface area contributed by atoms with Gasteiger partial charge in [-0.25, -0.2) is 18.2 Å². The molecule has 0 aromatic heterocycles. The second kappa shape index (κ2) is 10.2. The molecule has 0 aliphatic carbocycles. The lowest BCUT2D eigenvalue weighted by Crippen LogP contribution is -2.55. The van der Waals surface area contributed by atoms with E-state index in [0.29, 0.717) is 26.2 Å². The summed E-state index contributed by atoms with van der Waals surface area (Å²) in [6.07, 6.45) is -5.28. The third-order valence-corrected chi connectivity index (χ3v) is 6.75. The van der Waals surface area contributed by atoms with Crippen molar-refractivity contribution in [1.82, 2.24) is 4.90 Å². The molecule has 1 N–H and O–H groups in total. The van der Waals surface area contributed by atoms with Gasteiger partial charge in [0, 0.05) is 49.2 Å². The van der Waals surface area contributed by atoms with Crippen LogP contribution < -0.4 is 9.80 Å². The number of anilines is 2. The van der Waals surface area contributed by atoms with Crippen LogP contribution in [0.5, 0.6) is 0 Å². The molecule has 0 amide bonds. The van der Waals surface area contributed by atoms with Crippen molar-refractivity contribution in [1.29, 1.82) is 0 Å². The molecule has 0 radical (unpaired) electrons. The molecular weight excluding hydrogens is 526 g/mol. The minimum atomic E-state index is -4.67. The van der Waals surface area contributed by atoms with E-state index in [1.54, 1.807) is 17.0 Å². The van der Waals surface area contributed by atoms with Crippen molar-refractivity contribution in [3.8, 4) is 0 Å². The molecule has 12 heteroatoms. The fraction of sp³-hybridized carbons (Fsp3) is 0.259. The molecule has 0 spiro atoms. The minimum absolute atomic E-state index is 0.000611. The predicted molar refractivity (Wildman–Crippen MR) is 133 cm³/mol. The van der Waals surface area contributed by atoms with E-state index in [9.17, 15) is 36.2 Å². The van der Waals surface area contributed by atoms with Gasteiger partial charge in [0.2, 0.25) is 5.96 Å². The molecular formula is C27H22F6N4O2. The van der Waals surface area contributed by atoms with Crippen molar-refractivity contribution in [3.63, 3.8) is 0 Å². The zero-order valence-electron chi connectivity index (χ0n) is 20.3. The van der Waals surface area contributed by atoms with Gasteiger partial charge in [-0.2, -0.15) is 13.2 Å². The van der Waals surface area contributed by atoms with E-state index >= 15 is 0 Å². The molecule has 0 saturated carbocycles. The Morgan fingerprint density at radius 2 is 1.51 bits per heavy atom. The Kier molecular flexibility index (Phi) is 6.87. The van der Waals surface area contributed by atoms with Gasteiger partial charge in [-0.3, -0.25) is 4.79 Å².